The first-order valence-electron chi connectivity index (χ1n) is 9.65. The van der Waals surface area contributed by atoms with E-state index in [0.29, 0.717) is 11.5 Å². The Morgan fingerprint density at radius 3 is 2.74 bits per heavy atom. The summed E-state index contributed by atoms with van der Waals surface area (Å²) in [5, 5.41) is 7.64. The number of aromatic nitrogens is 3. The molecule has 0 fully saturated rings. The van der Waals surface area contributed by atoms with E-state index < -0.39 is 5.76 Å². The van der Waals surface area contributed by atoms with Crippen LogP contribution in [0.25, 0.3) is 11.4 Å². The number of pyridine rings is 1. The predicted molar refractivity (Wildman–Crippen MR) is 120 cm³/mol. The molecule has 0 aliphatic carbocycles. The Bertz CT molecular complexity index is 1250. The fraction of sp³-hybridized carbons (Fsp3) is 0.130. The smallest absolute Gasteiger partial charge is 0.325 e. The molecule has 0 aliphatic heterocycles. The van der Waals surface area contributed by atoms with Crippen LogP contribution in [0.5, 0.6) is 0 Å². The molecular formula is C23H20N4O3S. The Labute approximate surface area is 183 Å². The van der Waals surface area contributed by atoms with Crippen molar-refractivity contribution >= 4 is 23.4 Å². The van der Waals surface area contributed by atoms with Crippen molar-refractivity contribution in [1.29, 1.82) is 0 Å². The average Bonchev–Trinajstić information content (AvgIpc) is 3.13. The third-order valence-corrected chi connectivity index (χ3v) is 5.62. The molecule has 4 rings (SSSR count). The molecule has 1 N–H and O–H groups in total. The van der Waals surface area contributed by atoms with Gasteiger partial charge in [0.1, 0.15) is 6.54 Å². The van der Waals surface area contributed by atoms with Crippen molar-refractivity contribution in [2.24, 2.45) is 0 Å². The lowest BCUT2D eigenvalue weighted by molar-refractivity contribution is -0.116. The second-order valence-electron chi connectivity index (χ2n) is 6.88. The van der Waals surface area contributed by atoms with E-state index in [1.54, 1.807) is 18.0 Å². The molecule has 0 spiro atoms. The van der Waals surface area contributed by atoms with E-state index in [-0.39, 0.29) is 12.5 Å². The normalized spacial score (nSPS) is 10.7. The number of hydrogen-bond donors (Lipinski definition) is 1. The van der Waals surface area contributed by atoms with Crippen molar-refractivity contribution in [1.82, 2.24) is 14.7 Å². The topological polar surface area (TPSA) is 90.0 Å². The summed E-state index contributed by atoms with van der Waals surface area (Å²) >= 11 is 1.62. The maximum absolute atomic E-state index is 12.6. The number of carbonyl (C=O) groups is 1. The lowest BCUT2D eigenvalue weighted by atomic mass is 10.1. The summed E-state index contributed by atoms with van der Waals surface area (Å²) in [6, 6.07) is 20.9. The van der Waals surface area contributed by atoms with Crippen LogP contribution in [-0.4, -0.2) is 20.6 Å². The van der Waals surface area contributed by atoms with Gasteiger partial charge >= 0.3 is 5.76 Å². The van der Waals surface area contributed by atoms with Crippen LogP contribution in [0.3, 0.4) is 0 Å². The zero-order chi connectivity index (χ0) is 21.6. The molecule has 2 heterocycles. The summed E-state index contributed by atoms with van der Waals surface area (Å²) in [5.41, 5.74) is 3.39. The molecule has 0 aliphatic rings. The largest absolute Gasteiger partial charge is 0.442 e. The van der Waals surface area contributed by atoms with Gasteiger partial charge < -0.3 is 5.32 Å². The fourth-order valence-electron chi connectivity index (χ4n) is 3.10. The van der Waals surface area contributed by atoms with Gasteiger partial charge in [-0.1, -0.05) is 47.6 Å². The van der Waals surface area contributed by atoms with Gasteiger partial charge in [-0.3, -0.25) is 9.32 Å². The molecule has 31 heavy (non-hydrogen) atoms. The number of hydrogen-bond acceptors (Lipinski definition) is 6. The maximum atomic E-state index is 12.6. The minimum atomic E-state index is -0.672. The second kappa shape index (κ2) is 9.44. The Morgan fingerprint density at radius 1 is 1.10 bits per heavy atom. The highest BCUT2D eigenvalue weighted by Gasteiger charge is 2.17. The number of aryl methyl sites for hydroxylation is 1. The fourth-order valence-corrected chi connectivity index (χ4v) is 3.90. The first-order valence-corrected chi connectivity index (χ1v) is 10.6. The first-order chi connectivity index (χ1) is 15.1. The van der Waals surface area contributed by atoms with Crippen molar-refractivity contribution in [3.05, 3.63) is 94.6 Å². The lowest BCUT2D eigenvalue weighted by Crippen LogP contribution is -2.25. The number of carbonyl (C=O) groups excluding carboxylic acids is 1. The predicted octanol–water partition coefficient (Wildman–Crippen LogP) is 4.14. The van der Waals surface area contributed by atoms with E-state index in [1.807, 2.05) is 73.7 Å². The number of benzene rings is 2. The van der Waals surface area contributed by atoms with Crippen LogP contribution in [0, 0.1) is 6.92 Å². The highest BCUT2D eigenvalue weighted by atomic mass is 32.2. The highest BCUT2D eigenvalue weighted by molar-refractivity contribution is 7.98. The van der Waals surface area contributed by atoms with Crippen LogP contribution >= 0.6 is 11.8 Å². The molecule has 0 unspecified atom stereocenters. The van der Waals surface area contributed by atoms with Crippen LogP contribution in [0.2, 0.25) is 0 Å². The average molecular weight is 433 g/mol. The zero-order valence-electron chi connectivity index (χ0n) is 16.8. The van der Waals surface area contributed by atoms with Gasteiger partial charge in [-0.15, -0.1) is 11.8 Å². The van der Waals surface area contributed by atoms with Crippen LogP contribution in [0.15, 0.2) is 87.3 Å². The minimum absolute atomic E-state index is 0.196. The van der Waals surface area contributed by atoms with Gasteiger partial charge in [-0.25, -0.2) is 14.3 Å². The van der Waals surface area contributed by atoms with Crippen LogP contribution in [0.1, 0.15) is 11.1 Å². The quantitative estimate of drug-likeness (QED) is 0.442. The van der Waals surface area contributed by atoms with E-state index in [9.17, 15) is 9.59 Å². The van der Waals surface area contributed by atoms with E-state index in [2.05, 4.69) is 15.5 Å². The highest BCUT2D eigenvalue weighted by Crippen LogP contribution is 2.23. The summed E-state index contributed by atoms with van der Waals surface area (Å²) in [6.07, 6.45) is 1.76. The van der Waals surface area contributed by atoms with Crippen LogP contribution < -0.4 is 11.1 Å². The second-order valence-corrected chi connectivity index (χ2v) is 7.87. The van der Waals surface area contributed by atoms with Gasteiger partial charge in [0, 0.05) is 23.2 Å². The molecule has 0 saturated heterocycles. The molecule has 2 aromatic carbocycles. The molecule has 0 atom stereocenters. The van der Waals surface area contributed by atoms with Crippen LogP contribution in [0.4, 0.5) is 5.69 Å². The number of anilines is 1. The lowest BCUT2D eigenvalue weighted by Gasteiger charge is -2.09. The third kappa shape index (κ3) is 5.10. The van der Waals surface area contributed by atoms with Gasteiger partial charge in [0.2, 0.25) is 5.91 Å². The Hall–Kier alpha value is -3.65. The summed E-state index contributed by atoms with van der Waals surface area (Å²) in [4.78, 5) is 29.1. The van der Waals surface area contributed by atoms with Crippen LogP contribution in [-0.2, 0) is 17.1 Å². The maximum Gasteiger partial charge on any atom is 0.442 e. The molecule has 0 saturated carbocycles. The van der Waals surface area contributed by atoms with E-state index in [1.165, 1.54) is 4.57 Å². The molecule has 8 heteroatoms. The standard InChI is InChI=1S/C23H20N4O3S/c1-16-7-2-3-10-19(16)22-26-30-23(29)27(22)14-20(28)25-18-9-6-8-17(13-18)15-31-21-11-4-5-12-24-21/h2-13H,14-15H2,1H3,(H,25,28). The summed E-state index contributed by atoms with van der Waals surface area (Å²) in [6.45, 7) is 1.71. The van der Waals surface area contributed by atoms with Gasteiger partial charge in [0.15, 0.2) is 5.82 Å². The Balaban J connectivity index is 1.45. The van der Waals surface area contributed by atoms with E-state index in [4.69, 9.17) is 4.52 Å². The Kier molecular flexibility index (Phi) is 6.28. The summed E-state index contributed by atoms with van der Waals surface area (Å²) in [7, 11) is 0. The molecule has 2 aromatic heterocycles. The van der Waals surface area contributed by atoms with Crippen molar-refractivity contribution in [3.8, 4) is 11.4 Å². The van der Waals surface area contributed by atoms with Crippen molar-refractivity contribution < 1.29 is 9.32 Å². The SMILES string of the molecule is Cc1ccccc1-c1noc(=O)n1CC(=O)Nc1cccc(CSc2ccccn2)c1. The van der Waals surface area contributed by atoms with Crippen molar-refractivity contribution in [3.63, 3.8) is 0 Å². The number of nitrogens with zero attached hydrogens (tertiary/aromatic N) is 3. The van der Waals surface area contributed by atoms with Crippen molar-refractivity contribution in [2.45, 2.75) is 24.2 Å². The summed E-state index contributed by atoms with van der Waals surface area (Å²) < 4.78 is 6.05. The van der Waals surface area contributed by atoms with Crippen molar-refractivity contribution in [2.75, 3.05) is 5.32 Å². The number of nitrogens with one attached hydrogen (secondary N) is 1. The van der Waals surface area contributed by atoms with E-state index >= 15 is 0 Å². The number of thioether (sulfide) groups is 1. The number of amides is 1. The first kappa shape index (κ1) is 20.6. The Morgan fingerprint density at radius 2 is 1.94 bits per heavy atom. The monoisotopic (exact) mass is 432 g/mol. The zero-order valence-corrected chi connectivity index (χ0v) is 17.6. The molecular weight excluding hydrogens is 412 g/mol. The van der Waals surface area contributed by atoms with Gasteiger partial charge in [-0.05, 0) is 42.3 Å². The molecule has 7 nitrogen and oxygen atoms in total. The minimum Gasteiger partial charge on any atom is -0.325 e. The molecule has 156 valence electrons. The van der Waals surface area contributed by atoms with Gasteiger partial charge in [0.05, 0.1) is 5.03 Å². The third-order valence-electron chi connectivity index (χ3n) is 4.61. The van der Waals surface area contributed by atoms with Gasteiger partial charge in [-0.2, -0.15) is 0 Å². The number of rotatable bonds is 7. The molecule has 0 radical (unpaired) electrons. The molecule has 4 aromatic rings. The van der Waals surface area contributed by atoms with Gasteiger partial charge in [0.25, 0.3) is 0 Å². The summed E-state index contributed by atoms with van der Waals surface area (Å²) in [5.74, 6) is 0.0471. The molecule has 1 amide bonds. The molecule has 0 bridgehead atoms. The van der Waals surface area contributed by atoms with E-state index in [0.717, 1.165) is 27.5 Å².